The van der Waals surface area contributed by atoms with Crippen LogP contribution in [-0.2, 0) is 0 Å². The fourth-order valence-corrected chi connectivity index (χ4v) is 0.736. The summed E-state index contributed by atoms with van der Waals surface area (Å²) in [5.74, 6) is 0. The van der Waals surface area contributed by atoms with E-state index < -0.39 is 0 Å². The second-order valence-electron chi connectivity index (χ2n) is 1.73. The minimum absolute atomic E-state index is 0. The summed E-state index contributed by atoms with van der Waals surface area (Å²) in [6.07, 6.45) is 4.44. The zero-order valence-electron chi connectivity index (χ0n) is 4.98. The van der Waals surface area contributed by atoms with Crippen molar-refractivity contribution in [1.82, 2.24) is 4.81 Å². The van der Waals surface area contributed by atoms with Crippen molar-refractivity contribution in [2.75, 3.05) is 13.1 Å². The van der Waals surface area contributed by atoms with Gasteiger partial charge in [-0.15, -0.1) is 0 Å². The molecule has 1 heterocycles. The van der Waals surface area contributed by atoms with Crippen molar-refractivity contribution in [3.05, 3.63) is 0 Å². The second kappa shape index (κ2) is 4.50. The van der Waals surface area contributed by atoms with Crippen molar-refractivity contribution < 1.29 is 18.9 Å². The summed E-state index contributed by atoms with van der Waals surface area (Å²) in [6, 6.07) is 0. The molecule has 0 aromatic heterocycles. The van der Waals surface area contributed by atoms with Gasteiger partial charge in [-0.1, -0.05) is 6.42 Å². The Kier molecular flexibility index (Phi) is 4.85. The molecule has 8 heavy (non-hydrogen) atoms. The molecule has 0 aliphatic carbocycles. The van der Waals surface area contributed by atoms with Crippen molar-refractivity contribution >= 4 is 7.98 Å². The summed E-state index contributed by atoms with van der Waals surface area (Å²) in [7, 11) is 0.556. The normalized spacial score (nSPS) is 22.1. The molecule has 42 valence electrons. The molecule has 1 fully saturated rings. The van der Waals surface area contributed by atoms with Gasteiger partial charge >= 0.3 is 18.9 Å². The van der Waals surface area contributed by atoms with Gasteiger partial charge in [-0.25, -0.2) is 0 Å². The van der Waals surface area contributed by atoms with Gasteiger partial charge in [0, 0.05) is 7.98 Å². The van der Waals surface area contributed by atoms with Gasteiger partial charge in [-0.05, 0) is 25.9 Å². The quantitative estimate of drug-likeness (QED) is 0.292. The summed E-state index contributed by atoms with van der Waals surface area (Å²) in [6.45, 7) is 2.86. The first-order valence-electron chi connectivity index (χ1n) is 2.63. The Labute approximate surface area is 64.4 Å². The Bertz CT molecular complexity index is 54.4. The largest absolute Gasteiger partial charge is 1.00 e. The molecule has 0 aromatic carbocycles. The molecule has 0 atom stereocenters. The maximum atomic E-state index is 2.64. The van der Waals surface area contributed by atoms with Crippen molar-refractivity contribution in [3.8, 4) is 0 Å². The molecule has 1 rings (SSSR count). The van der Waals surface area contributed by atoms with Gasteiger partial charge in [0.2, 0.25) is 0 Å². The van der Waals surface area contributed by atoms with E-state index in [-0.39, 0.29) is 18.9 Å². The maximum absolute atomic E-state index is 2.64. The zero-order chi connectivity index (χ0) is 5.11. The third-order valence-electron chi connectivity index (χ3n) is 1.13. The standard InChI is InChI=1S/C5H13BN.Li/c6-7-4-2-1-3-5-7;/h1-5H2,6H3;/q-1;+1. The van der Waals surface area contributed by atoms with Crippen LogP contribution in [0.15, 0.2) is 0 Å². The fourth-order valence-electron chi connectivity index (χ4n) is 0.736. The van der Waals surface area contributed by atoms with Crippen molar-refractivity contribution in [2.24, 2.45) is 0 Å². The predicted molar refractivity (Wildman–Crippen MR) is 35.4 cm³/mol. The minimum atomic E-state index is 0. The maximum Gasteiger partial charge on any atom is 1.00 e. The molecular weight excluding hydrogens is 91.8 g/mol. The third-order valence-corrected chi connectivity index (χ3v) is 1.13. The summed E-state index contributed by atoms with van der Waals surface area (Å²) < 4.78 is 0. The average Bonchev–Trinajstić information content (AvgIpc) is 1.69. The van der Waals surface area contributed by atoms with E-state index in [2.05, 4.69) is 4.81 Å². The molecule has 0 aromatic rings. The van der Waals surface area contributed by atoms with E-state index in [4.69, 9.17) is 0 Å². The van der Waals surface area contributed by atoms with Crippen LogP contribution in [0.2, 0.25) is 0 Å². The first-order chi connectivity index (χ1) is 3.39. The van der Waals surface area contributed by atoms with E-state index >= 15 is 0 Å². The number of nitrogens with zero attached hydrogens (tertiary/aromatic N) is 1. The van der Waals surface area contributed by atoms with E-state index in [0.29, 0.717) is 7.98 Å². The van der Waals surface area contributed by atoms with Crippen LogP contribution < -0.4 is 18.9 Å². The van der Waals surface area contributed by atoms with Crippen LogP contribution in [0, 0.1) is 0 Å². The van der Waals surface area contributed by atoms with E-state index in [9.17, 15) is 0 Å². The summed E-state index contributed by atoms with van der Waals surface area (Å²) >= 11 is 0. The van der Waals surface area contributed by atoms with Crippen LogP contribution in [0.5, 0.6) is 0 Å². The van der Waals surface area contributed by atoms with Gasteiger partial charge in [-0.3, -0.25) is 0 Å². The molecule has 1 nitrogen and oxygen atoms in total. The third kappa shape index (κ3) is 2.82. The molecule has 3 heteroatoms. The summed E-state index contributed by atoms with van der Waals surface area (Å²) in [5.41, 5.74) is 0. The smallest absolute Gasteiger partial charge is 0.484 e. The molecular formula is C5H13BLiN. The number of rotatable bonds is 0. The van der Waals surface area contributed by atoms with E-state index in [1.807, 2.05) is 0 Å². The minimum Gasteiger partial charge on any atom is -0.484 e. The number of hydrogen-bond acceptors (Lipinski definition) is 1. The average molecular weight is 105 g/mol. The van der Waals surface area contributed by atoms with Gasteiger partial charge in [0.15, 0.2) is 0 Å². The predicted octanol–water partition coefficient (Wildman–Crippen LogP) is -3.24. The van der Waals surface area contributed by atoms with Crippen molar-refractivity contribution in [3.63, 3.8) is 0 Å². The Balaban J connectivity index is 0.000000490. The SMILES string of the molecule is [BH3-]N1CCCCC1.[Li+]. The molecule has 1 saturated heterocycles. The molecule has 0 spiro atoms. The Morgan fingerprint density at radius 1 is 1.00 bits per heavy atom. The Morgan fingerprint density at radius 3 is 1.75 bits per heavy atom. The van der Waals surface area contributed by atoms with E-state index in [1.165, 1.54) is 32.4 Å². The summed E-state index contributed by atoms with van der Waals surface area (Å²) in [4.78, 5) is 2.64. The summed E-state index contributed by atoms with van der Waals surface area (Å²) in [5, 5.41) is 0. The first-order valence-corrected chi connectivity index (χ1v) is 2.63. The number of piperidine rings is 1. The van der Waals surface area contributed by atoms with Crippen molar-refractivity contribution in [2.45, 2.75) is 19.3 Å². The Hall–Kier alpha value is 0.622. The van der Waals surface area contributed by atoms with Crippen LogP contribution in [-0.4, -0.2) is 25.9 Å². The molecule has 0 amide bonds. The van der Waals surface area contributed by atoms with Crippen LogP contribution in [0.1, 0.15) is 19.3 Å². The van der Waals surface area contributed by atoms with Crippen LogP contribution in [0.25, 0.3) is 0 Å². The molecule has 1 aliphatic heterocycles. The molecule has 0 unspecified atom stereocenters. The molecule has 0 radical (unpaired) electrons. The van der Waals surface area contributed by atoms with E-state index in [1.54, 1.807) is 0 Å². The zero-order valence-corrected chi connectivity index (χ0v) is 4.98. The van der Waals surface area contributed by atoms with Crippen molar-refractivity contribution in [1.29, 1.82) is 0 Å². The van der Waals surface area contributed by atoms with Gasteiger partial charge in [0.25, 0.3) is 0 Å². The van der Waals surface area contributed by atoms with Crippen LogP contribution in [0.3, 0.4) is 0 Å². The molecule has 0 saturated carbocycles. The molecule has 1 aliphatic rings. The van der Waals surface area contributed by atoms with Crippen LogP contribution >= 0.6 is 0 Å². The van der Waals surface area contributed by atoms with Gasteiger partial charge in [0.05, 0.1) is 0 Å². The topological polar surface area (TPSA) is 3.24 Å². The Morgan fingerprint density at radius 2 is 1.50 bits per heavy atom. The first kappa shape index (κ1) is 8.62. The van der Waals surface area contributed by atoms with Gasteiger partial charge in [-0.2, -0.15) is 0 Å². The fraction of sp³-hybridized carbons (Fsp3) is 1.00. The molecule has 0 bridgehead atoms. The van der Waals surface area contributed by atoms with Crippen LogP contribution in [0.4, 0.5) is 0 Å². The molecule has 0 N–H and O–H groups in total. The monoisotopic (exact) mass is 105 g/mol. The number of hydrogen-bond donors (Lipinski definition) is 0. The van der Waals surface area contributed by atoms with E-state index in [0.717, 1.165) is 0 Å². The van der Waals surface area contributed by atoms with Gasteiger partial charge < -0.3 is 4.81 Å². The van der Waals surface area contributed by atoms with Gasteiger partial charge in [0.1, 0.15) is 0 Å². The second-order valence-corrected chi connectivity index (χ2v) is 1.73.